The predicted octanol–water partition coefficient (Wildman–Crippen LogP) is -0.674. The molecule has 0 aliphatic carbocycles. The van der Waals surface area contributed by atoms with Gasteiger partial charge in [-0.15, -0.1) is 0 Å². The van der Waals surface area contributed by atoms with Crippen LogP contribution in [0.15, 0.2) is 0 Å². The van der Waals surface area contributed by atoms with E-state index < -0.39 is 12.1 Å². The number of aliphatic hydroxyl groups excluding tert-OH is 1. The first-order valence-corrected chi connectivity index (χ1v) is 5.96. The van der Waals surface area contributed by atoms with Gasteiger partial charge in [-0.3, -0.25) is 4.79 Å². The molecular formula is C11H20N2O4. The maximum Gasteiger partial charge on any atom is 0.334 e. The first-order valence-electron chi connectivity index (χ1n) is 5.96. The maximum atomic E-state index is 11.7. The van der Waals surface area contributed by atoms with Gasteiger partial charge in [-0.05, 0) is 25.3 Å². The highest BCUT2D eigenvalue weighted by Crippen LogP contribution is 2.19. The Kier molecular flexibility index (Phi) is 5.37. The number of carboxylic acids is 1. The van der Waals surface area contributed by atoms with Gasteiger partial charge in [0.1, 0.15) is 0 Å². The number of aliphatic carboxylic acids is 1. The number of piperidine rings is 1. The van der Waals surface area contributed by atoms with Crippen LogP contribution in [0.2, 0.25) is 0 Å². The SMILES string of the molecule is CCC1CCNC(C(=O)NCC(O)C(=O)O)C1. The van der Waals surface area contributed by atoms with Crippen molar-refractivity contribution in [1.82, 2.24) is 10.6 Å². The number of nitrogens with one attached hydrogen (secondary N) is 2. The summed E-state index contributed by atoms with van der Waals surface area (Å²) >= 11 is 0. The molecule has 0 spiro atoms. The molecule has 4 N–H and O–H groups in total. The minimum Gasteiger partial charge on any atom is -0.479 e. The highest BCUT2D eigenvalue weighted by molar-refractivity contribution is 5.82. The third-order valence-corrected chi connectivity index (χ3v) is 3.16. The molecule has 0 aromatic heterocycles. The zero-order valence-corrected chi connectivity index (χ0v) is 9.98. The van der Waals surface area contributed by atoms with Crippen LogP contribution < -0.4 is 10.6 Å². The van der Waals surface area contributed by atoms with Crippen molar-refractivity contribution < 1.29 is 19.8 Å². The van der Waals surface area contributed by atoms with Crippen molar-refractivity contribution in [3.8, 4) is 0 Å². The van der Waals surface area contributed by atoms with Gasteiger partial charge in [-0.1, -0.05) is 13.3 Å². The van der Waals surface area contributed by atoms with Crippen LogP contribution in [0.3, 0.4) is 0 Å². The molecule has 1 aliphatic heterocycles. The maximum absolute atomic E-state index is 11.7. The fourth-order valence-corrected chi connectivity index (χ4v) is 1.97. The van der Waals surface area contributed by atoms with E-state index in [-0.39, 0.29) is 18.5 Å². The Morgan fingerprint density at radius 1 is 1.53 bits per heavy atom. The lowest BCUT2D eigenvalue weighted by Gasteiger charge is -2.28. The molecule has 6 nitrogen and oxygen atoms in total. The van der Waals surface area contributed by atoms with Crippen molar-refractivity contribution in [3.63, 3.8) is 0 Å². The smallest absolute Gasteiger partial charge is 0.334 e. The number of carbonyl (C=O) groups excluding carboxylic acids is 1. The predicted molar refractivity (Wildman–Crippen MR) is 61.5 cm³/mol. The molecule has 1 heterocycles. The lowest BCUT2D eigenvalue weighted by Crippen LogP contribution is -2.50. The van der Waals surface area contributed by atoms with Crippen LogP contribution in [0.1, 0.15) is 26.2 Å². The van der Waals surface area contributed by atoms with E-state index in [1.165, 1.54) is 0 Å². The summed E-state index contributed by atoms with van der Waals surface area (Å²) in [6, 6.07) is -0.269. The van der Waals surface area contributed by atoms with E-state index in [2.05, 4.69) is 17.6 Å². The standard InChI is InChI=1S/C11H20N2O4/c1-2-7-3-4-12-8(5-7)10(15)13-6-9(14)11(16)17/h7-9,12,14H,2-6H2,1H3,(H,13,15)(H,16,17). The molecule has 0 bridgehead atoms. The Hall–Kier alpha value is -1.14. The first kappa shape index (κ1) is 13.9. The van der Waals surface area contributed by atoms with Gasteiger partial charge in [0.15, 0.2) is 6.10 Å². The van der Waals surface area contributed by atoms with Gasteiger partial charge in [0, 0.05) is 0 Å². The van der Waals surface area contributed by atoms with Crippen LogP contribution in [0, 0.1) is 5.92 Å². The molecule has 1 aliphatic rings. The largest absolute Gasteiger partial charge is 0.479 e. The van der Waals surface area contributed by atoms with Crippen LogP contribution in [-0.4, -0.2) is 47.3 Å². The molecule has 0 saturated carbocycles. The van der Waals surface area contributed by atoms with Crippen molar-refractivity contribution in [1.29, 1.82) is 0 Å². The van der Waals surface area contributed by atoms with E-state index in [1.54, 1.807) is 0 Å². The van der Waals surface area contributed by atoms with Crippen LogP contribution in [0.25, 0.3) is 0 Å². The molecule has 17 heavy (non-hydrogen) atoms. The normalized spacial score (nSPS) is 26.2. The Morgan fingerprint density at radius 2 is 2.24 bits per heavy atom. The highest BCUT2D eigenvalue weighted by Gasteiger charge is 2.26. The number of carboxylic acid groups (broad SMARTS) is 1. The number of amides is 1. The summed E-state index contributed by atoms with van der Waals surface area (Å²) in [5, 5.41) is 23.0. The van der Waals surface area contributed by atoms with Gasteiger partial charge >= 0.3 is 5.97 Å². The summed E-state index contributed by atoms with van der Waals surface area (Å²) in [6.45, 7) is 2.65. The summed E-state index contributed by atoms with van der Waals surface area (Å²) in [4.78, 5) is 22.1. The molecule has 6 heteroatoms. The summed E-state index contributed by atoms with van der Waals surface area (Å²) in [7, 11) is 0. The average molecular weight is 244 g/mol. The van der Waals surface area contributed by atoms with Crippen LogP contribution in [-0.2, 0) is 9.59 Å². The van der Waals surface area contributed by atoms with Gasteiger partial charge < -0.3 is 20.8 Å². The quantitative estimate of drug-likeness (QED) is 0.514. The number of carbonyl (C=O) groups is 2. The van der Waals surface area contributed by atoms with Crippen molar-refractivity contribution in [3.05, 3.63) is 0 Å². The zero-order chi connectivity index (χ0) is 12.8. The molecule has 1 fully saturated rings. The summed E-state index contributed by atoms with van der Waals surface area (Å²) in [6.07, 6.45) is 1.34. The lowest BCUT2D eigenvalue weighted by atomic mass is 9.90. The molecular weight excluding hydrogens is 224 g/mol. The van der Waals surface area contributed by atoms with Gasteiger partial charge in [0.05, 0.1) is 12.6 Å². The van der Waals surface area contributed by atoms with E-state index in [0.29, 0.717) is 5.92 Å². The summed E-state index contributed by atoms with van der Waals surface area (Å²) in [5.74, 6) is -1.02. The molecule has 1 saturated heterocycles. The molecule has 0 aromatic carbocycles. The second kappa shape index (κ2) is 6.56. The monoisotopic (exact) mass is 244 g/mol. The molecule has 1 amide bonds. The fraction of sp³-hybridized carbons (Fsp3) is 0.818. The Morgan fingerprint density at radius 3 is 2.82 bits per heavy atom. The molecule has 98 valence electrons. The van der Waals surface area contributed by atoms with Crippen molar-refractivity contribution in [2.24, 2.45) is 5.92 Å². The minimum atomic E-state index is -1.54. The highest BCUT2D eigenvalue weighted by atomic mass is 16.4. The van der Waals surface area contributed by atoms with Gasteiger partial charge in [0.2, 0.25) is 5.91 Å². The van der Waals surface area contributed by atoms with Gasteiger partial charge in [-0.2, -0.15) is 0 Å². The number of hydrogen-bond donors (Lipinski definition) is 4. The second-order valence-corrected chi connectivity index (χ2v) is 4.40. The molecule has 0 aromatic rings. The van der Waals surface area contributed by atoms with Crippen molar-refractivity contribution in [2.45, 2.75) is 38.3 Å². The Balaban J connectivity index is 2.34. The van der Waals surface area contributed by atoms with Gasteiger partial charge in [-0.25, -0.2) is 4.79 Å². The molecule has 0 radical (unpaired) electrons. The second-order valence-electron chi connectivity index (χ2n) is 4.40. The molecule has 1 rings (SSSR count). The minimum absolute atomic E-state index is 0.233. The van der Waals surface area contributed by atoms with E-state index in [4.69, 9.17) is 10.2 Å². The average Bonchev–Trinajstić information content (AvgIpc) is 2.35. The van der Waals surface area contributed by atoms with Crippen LogP contribution in [0.4, 0.5) is 0 Å². The first-order chi connectivity index (χ1) is 8.04. The Bertz CT molecular complexity index is 283. The topological polar surface area (TPSA) is 98.7 Å². The van der Waals surface area contributed by atoms with Gasteiger partial charge in [0.25, 0.3) is 0 Å². The van der Waals surface area contributed by atoms with E-state index in [0.717, 1.165) is 25.8 Å². The zero-order valence-electron chi connectivity index (χ0n) is 9.98. The van der Waals surface area contributed by atoms with Crippen molar-refractivity contribution in [2.75, 3.05) is 13.1 Å². The van der Waals surface area contributed by atoms with E-state index in [1.807, 2.05) is 0 Å². The summed E-state index contributed by atoms with van der Waals surface area (Å²) in [5.41, 5.74) is 0. The van der Waals surface area contributed by atoms with E-state index in [9.17, 15) is 9.59 Å². The van der Waals surface area contributed by atoms with E-state index >= 15 is 0 Å². The van der Waals surface area contributed by atoms with Crippen molar-refractivity contribution >= 4 is 11.9 Å². The lowest BCUT2D eigenvalue weighted by molar-refractivity contribution is -0.146. The molecule has 3 atom stereocenters. The number of aliphatic hydroxyl groups is 1. The van der Waals surface area contributed by atoms with Crippen LogP contribution in [0.5, 0.6) is 0 Å². The fourth-order valence-electron chi connectivity index (χ4n) is 1.97. The molecule has 3 unspecified atom stereocenters. The Labute approximate surface area is 100 Å². The third kappa shape index (κ3) is 4.32. The number of hydrogen-bond acceptors (Lipinski definition) is 4. The third-order valence-electron chi connectivity index (χ3n) is 3.16. The number of rotatable bonds is 5. The van der Waals surface area contributed by atoms with Crippen LogP contribution >= 0.6 is 0 Å². The summed E-state index contributed by atoms with van der Waals surface area (Å²) < 4.78 is 0.